The van der Waals surface area contributed by atoms with E-state index < -0.39 is 16.7 Å². The van der Waals surface area contributed by atoms with E-state index in [1.165, 1.54) is 7.05 Å². The van der Waals surface area contributed by atoms with E-state index in [-0.39, 0.29) is 16.9 Å². The first-order chi connectivity index (χ1) is 6.99. The monoisotopic (exact) mass is 234 g/mol. The maximum atomic E-state index is 11.5. The fourth-order valence-electron chi connectivity index (χ4n) is 1.25. The number of rotatable bonds is 4. The average Bonchev–Trinajstić information content (AvgIpc) is 2.22. The van der Waals surface area contributed by atoms with Crippen molar-refractivity contribution < 1.29 is 14.2 Å². The minimum Gasteiger partial charge on any atom is -0.410 e. The Morgan fingerprint density at radius 2 is 2.07 bits per heavy atom. The van der Waals surface area contributed by atoms with Gasteiger partial charge in [-0.05, 0) is 5.92 Å². The summed E-state index contributed by atoms with van der Waals surface area (Å²) in [6, 6.07) is 0. The normalized spacial score (nSPS) is 16.2. The van der Waals surface area contributed by atoms with E-state index in [2.05, 4.69) is 10.5 Å². The molecule has 6 heteroatoms. The molecule has 2 atom stereocenters. The van der Waals surface area contributed by atoms with Crippen molar-refractivity contribution in [1.82, 2.24) is 5.32 Å². The first-order valence-corrected chi connectivity index (χ1v) is 6.13. The lowest BCUT2D eigenvalue weighted by molar-refractivity contribution is -0.123. The molecular formula is C9H18N2O3S. The molecule has 2 unspecified atom stereocenters. The van der Waals surface area contributed by atoms with Crippen LogP contribution in [-0.2, 0) is 15.6 Å². The Morgan fingerprint density at radius 1 is 1.53 bits per heavy atom. The minimum atomic E-state index is -1.40. The van der Waals surface area contributed by atoms with Gasteiger partial charge in [-0.25, -0.2) is 0 Å². The van der Waals surface area contributed by atoms with Gasteiger partial charge in [0, 0.05) is 12.8 Å². The fourth-order valence-corrected chi connectivity index (χ4v) is 2.30. The first-order valence-electron chi connectivity index (χ1n) is 4.81. The van der Waals surface area contributed by atoms with E-state index in [9.17, 15) is 9.00 Å². The molecule has 0 fully saturated rings. The van der Waals surface area contributed by atoms with Crippen molar-refractivity contribution in [1.29, 1.82) is 0 Å². The lowest BCUT2D eigenvalue weighted by Gasteiger charge is -2.19. The van der Waals surface area contributed by atoms with Gasteiger partial charge < -0.3 is 10.5 Å². The Bertz CT molecular complexity index is 277. The van der Waals surface area contributed by atoms with Crippen molar-refractivity contribution in [2.75, 3.05) is 12.8 Å². The van der Waals surface area contributed by atoms with Crippen LogP contribution in [-0.4, -0.2) is 33.2 Å². The largest absolute Gasteiger partial charge is 0.410 e. The number of carbonyl (C=O) groups excluding carboxylic acids is 1. The van der Waals surface area contributed by atoms with Gasteiger partial charge in [0.05, 0.1) is 16.7 Å². The summed E-state index contributed by atoms with van der Waals surface area (Å²) in [5.41, 5.74) is 0. The van der Waals surface area contributed by atoms with E-state index in [0.717, 1.165) is 0 Å². The van der Waals surface area contributed by atoms with Crippen LogP contribution in [0.5, 0.6) is 0 Å². The molecule has 88 valence electrons. The Morgan fingerprint density at radius 3 is 2.33 bits per heavy atom. The van der Waals surface area contributed by atoms with Crippen molar-refractivity contribution in [2.24, 2.45) is 17.0 Å². The Balaban J connectivity index is 5.05. The molecule has 0 saturated carbocycles. The smallest absolute Gasteiger partial charge is 0.229 e. The number of hydrogen-bond donors (Lipinski definition) is 2. The standard InChI is InChI=1S/C9H18N2O3S/c1-5-15(14)9(11-13)7(6(2)3)8(12)10-4/h6-7,13H,5H2,1-4H3,(H,10,12). The summed E-state index contributed by atoms with van der Waals surface area (Å²) in [6.07, 6.45) is 0. The van der Waals surface area contributed by atoms with Crippen LogP contribution in [0.25, 0.3) is 0 Å². The predicted octanol–water partition coefficient (Wildman–Crippen LogP) is 0.561. The molecule has 0 aliphatic heterocycles. The maximum Gasteiger partial charge on any atom is 0.229 e. The van der Waals surface area contributed by atoms with E-state index >= 15 is 0 Å². The fraction of sp³-hybridized carbons (Fsp3) is 0.778. The van der Waals surface area contributed by atoms with Crippen molar-refractivity contribution >= 4 is 21.8 Å². The molecule has 0 aromatic rings. The highest BCUT2D eigenvalue weighted by molar-refractivity contribution is 8.00. The molecule has 0 radical (unpaired) electrons. The zero-order valence-electron chi connectivity index (χ0n) is 9.48. The summed E-state index contributed by atoms with van der Waals surface area (Å²) < 4.78 is 11.5. The molecule has 0 spiro atoms. The van der Waals surface area contributed by atoms with Gasteiger partial charge in [-0.3, -0.25) is 9.00 Å². The third-order valence-corrected chi connectivity index (χ3v) is 3.38. The van der Waals surface area contributed by atoms with E-state index in [1.807, 2.05) is 13.8 Å². The number of amides is 1. The van der Waals surface area contributed by atoms with Crippen molar-refractivity contribution in [3.05, 3.63) is 0 Å². The lowest BCUT2D eigenvalue weighted by atomic mass is 9.96. The third kappa shape index (κ3) is 3.62. The van der Waals surface area contributed by atoms with E-state index in [1.54, 1.807) is 6.92 Å². The van der Waals surface area contributed by atoms with Gasteiger partial charge in [-0.1, -0.05) is 25.9 Å². The molecule has 1 amide bonds. The van der Waals surface area contributed by atoms with Crippen LogP contribution >= 0.6 is 0 Å². The number of carbonyl (C=O) groups is 1. The molecular weight excluding hydrogens is 216 g/mol. The number of nitrogens with zero attached hydrogens (tertiary/aromatic N) is 1. The van der Waals surface area contributed by atoms with Gasteiger partial charge in [0.2, 0.25) is 5.91 Å². The lowest BCUT2D eigenvalue weighted by Crippen LogP contribution is -2.38. The summed E-state index contributed by atoms with van der Waals surface area (Å²) in [5.74, 6) is -0.647. The zero-order chi connectivity index (χ0) is 12.0. The van der Waals surface area contributed by atoms with Crippen LogP contribution in [0.3, 0.4) is 0 Å². The Hall–Kier alpha value is -0.910. The van der Waals surface area contributed by atoms with E-state index in [0.29, 0.717) is 5.75 Å². The maximum absolute atomic E-state index is 11.5. The SMILES string of the molecule is CCS(=O)C(=NO)C(C(=O)NC)C(C)C. The first kappa shape index (κ1) is 14.1. The third-order valence-electron chi connectivity index (χ3n) is 2.06. The highest BCUT2D eigenvalue weighted by Crippen LogP contribution is 2.15. The van der Waals surface area contributed by atoms with Crippen LogP contribution in [0.1, 0.15) is 20.8 Å². The molecule has 5 nitrogen and oxygen atoms in total. The number of nitrogens with one attached hydrogen (secondary N) is 1. The second-order valence-corrected chi connectivity index (χ2v) is 5.10. The summed E-state index contributed by atoms with van der Waals surface area (Å²) in [7, 11) is 0.103. The molecule has 0 aromatic heterocycles. The molecule has 0 saturated heterocycles. The minimum absolute atomic E-state index is 0.0480. The van der Waals surface area contributed by atoms with Gasteiger partial charge in [0.1, 0.15) is 0 Å². The molecule has 0 aliphatic rings. The summed E-state index contributed by atoms with van der Waals surface area (Å²) in [4.78, 5) is 11.5. The molecule has 0 heterocycles. The summed E-state index contributed by atoms with van der Waals surface area (Å²) in [6.45, 7) is 5.35. The molecule has 0 aliphatic carbocycles. The topological polar surface area (TPSA) is 78.8 Å². The summed E-state index contributed by atoms with van der Waals surface area (Å²) >= 11 is 0. The molecule has 15 heavy (non-hydrogen) atoms. The summed E-state index contributed by atoms with van der Waals surface area (Å²) in [5, 5.41) is 14.3. The Kier molecular flexibility index (Phi) is 6.15. The number of hydrogen-bond acceptors (Lipinski definition) is 4. The highest BCUT2D eigenvalue weighted by Gasteiger charge is 2.30. The molecule has 0 aromatic carbocycles. The second-order valence-electron chi connectivity index (χ2n) is 3.41. The van der Waals surface area contributed by atoms with Gasteiger partial charge in [-0.2, -0.15) is 0 Å². The quantitative estimate of drug-likeness (QED) is 0.323. The van der Waals surface area contributed by atoms with Crippen molar-refractivity contribution in [2.45, 2.75) is 20.8 Å². The van der Waals surface area contributed by atoms with Crippen LogP contribution in [0, 0.1) is 11.8 Å². The van der Waals surface area contributed by atoms with Crippen molar-refractivity contribution in [3.8, 4) is 0 Å². The molecule has 0 bridgehead atoms. The zero-order valence-corrected chi connectivity index (χ0v) is 10.3. The van der Waals surface area contributed by atoms with Crippen LogP contribution < -0.4 is 5.32 Å². The molecule has 0 rings (SSSR count). The Labute approximate surface area is 92.4 Å². The predicted molar refractivity (Wildman–Crippen MR) is 60.3 cm³/mol. The van der Waals surface area contributed by atoms with Crippen LogP contribution in [0.2, 0.25) is 0 Å². The van der Waals surface area contributed by atoms with Gasteiger partial charge >= 0.3 is 0 Å². The average molecular weight is 234 g/mol. The number of oxime groups is 1. The second kappa shape index (κ2) is 6.55. The van der Waals surface area contributed by atoms with E-state index in [4.69, 9.17) is 5.21 Å². The van der Waals surface area contributed by atoms with Crippen molar-refractivity contribution in [3.63, 3.8) is 0 Å². The highest BCUT2D eigenvalue weighted by atomic mass is 32.2. The van der Waals surface area contributed by atoms with Gasteiger partial charge in [0.15, 0.2) is 5.04 Å². The molecule has 2 N–H and O–H groups in total. The van der Waals surface area contributed by atoms with Gasteiger partial charge in [-0.15, -0.1) is 0 Å². The van der Waals surface area contributed by atoms with Gasteiger partial charge in [0.25, 0.3) is 0 Å². The van der Waals surface area contributed by atoms with Crippen LogP contribution in [0.15, 0.2) is 5.16 Å². The van der Waals surface area contributed by atoms with Crippen LogP contribution in [0.4, 0.5) is 0 Å².